The van der Waals surface area contributed by atoms with Crippen LogP contribution >= 0.6 is 0 Å². The summed E-state index contributed by atoms with van der Waals surface area (Å²) in [6, 6.07) is 9.30. The van der Waals surface area contributed by atoms with Crippen LogP contribution in [0, 0.1) is 0 Å². The van der Waals surface area contributed by atoms with Crippen LogP contribution in [0.25, 0.3) is 0 Å². The van der Waals surface area contributed by atoms with Gasteiger partial charge in [-0.25, -0.2) is 0 Å². The third kappa shape index (κ3) is 6.01. The van der Waals surface area contributed by atoms with E-state index in [2.05, 4.69) is 65.5 Å². The zero-order valence-corrected chi connectivity index (χ0v) is 16.0. The molecular weight excluding hydrogens is 276 g/mol. The molecule has 23 heavy (non-hydrogen) atoms. The molecule has 0 aromatic heterocycles. The SMILES string of the molecule is C=C(Cc1ccc(C(CC)CCCC)cc1)/C(CC)=C(\C)CC. The first-order valence-electron chi connectivity index (χ1n) is 9.52. The van der Waals surface area contributed by atoms with Crippen LogP contribution in [0.5, 0.6) is 0 Å². The van der Waals surface area contributed by atoms with Gasteiger partial charge in [0.1, 0.15) is 0 Å². The summed E-state index contributed by atoms with van der Waals surface area (Å²) in [4.78, 5) is 0. The lowest BCUT2D eigenvalue weighted by atomic mass is 9.89. The maximum absolute atomic E-state index is 4.35. The molecule has 0 saturated heterocycles. The second-order valence-electron chi connectivity index (χ2n) is 6.74. The number of rotatable bonds is 10. The summed E-state index contributed by atoms with van der Waals surface area (Å²) >= 11 is 0. The number of hydrogen-bond donors (Lipinski definition) is 0. The number of benzene rings is 1. The van der Waals surface area contributed by atoms with Gasteiger partial charge in [0.15, 0.2) is 0 Å². The Bertz CT molecular complexity index is 501. The lowest BCUT2D eigenvalue weighted by Crippen LogP contribution is -1.99. The van der Waals surface area contributed by atoms with Gasteiger partial charge in [0.2, 0.25) is 0 Å². The Balaban J connectivity index is 2.79. The predicted molar refractivity (Wildman–Crippen MR) is 105 cm³/mol. The van der Waals surface area contributed by atoms with Crippen LogP contribution in [0.2, 0.25) is 0 Å². The fraction of sp³-hybridized carbons (Fsp3) is 0.565. The molecule has 1 aromatic carbocycles. The van der Waals surface area contributed by atoms with Gasteiger partial charge in [-0.05, 0) is 67.2 Å². The highest BCUT2D eigenvalue weighted by atomic mass is 14.1. The predicted octanol–water partition coefficient (Wildman–Crippen LogP) is 7.61. The maximum Gasteiger partial charge on any atom is -0.00289 e. The van der Waals surface area contributed by atoms with E-state index in [0.29, 0.717) is 0 Å². The van der Waals surface area contributed by atoms with Gasteiger partial charge in [-0.1, -0.05) is 77.0 Å². The minimum Gasteiger partial charge on any atom is -0.0952 e. The summed E-state index contributed by atoms with van der Waals surface area (Å²) < 4.78 is 0. The molecule has 0 radical (unpaired) electrons. The molecule has 0 nitrogen and oxygen atoms in total. The fourth-order valence-corrected chi connectivity index (χ4v) is 3.38. The molecule has 1 unspecified atom stereocenters. The summed E-state index contributed by atoms with van der Waals surface area (Å²) in [5.41, 5.74) is 7.13. The van der Waals surface area contributed by atoms with E-state index in [9.17, 15) is 0 Å². The Labute approximate surface area is 144 Å². The van der Waals surface area contributed by atoms with E-state index in [1.54, 1.807) is 0 Å². The normalized spacial score (nSPS) is 13.6. The van der Waals surface area contributed by atoms with Gasteiger partial charge in [0, 0.05) is 0 Å². The van der Waals surface area contributed by atoms with Crippen LogP contribution < -0.4 is 0 Å². The zero-order chi connectivity index (χ0) is 17.2. The summed E-state index contributed by atoms with van der Waals surface area (Å²) in [7, 11) is 0. The van der Waals surface area contributed by atoms with Crippen LogP contribution in [0.4, 0.5) is 0 Å². The van der Waals surface area contributed by atoms with Gasteiger partial charge in [-0.15, -0.1) is 0 Å². The molecule has 0 aliphatic heterocycles. The summed E-state index contributed by atoms with van der Waals surface area (Å²) in [5.74, 6) is 0.723. The van der Waals surface area contributed by atoms with Crippen molar-refractivity contribution in [3.63, 3.8) is 0 Å². The molecule has 0 bridgehead atoms. The Morgan fingerprint density at radius 1 is 1.00 bits per heavy atom. The Morgan fingerprint density at radius 2 is 1.65 bits per heavy atom. The first-order chi connectivity index (χ1) is 11.1. The molecular formula is C23H36. The Hall–Kier alpha value is -1.30. The highest BCUT2D eigenvalue weighted by Crippen LogP contribution is 2.27. The van der Waals surface area contributed by atoms with Gasteiger partial charge in [-0.3, -0.25) is 0 Å². The van der Waals surface area contributed by atoms with Crippen LogP contribution in [0.3, 0.4) is 0 Å². The van der Waals surface area contributed by atoms with Crippen LogP contribution in [0.15, 0.2) is 47.6 Å². The van der Waals surface area contributed by atoms with Crippen LogP contribution in [-0.2, 0) is 6.42 Å². The van der Waals surface area contributed by atoms with E-state index in [0.717, 1.165) is 25.2 Å². The third-order valence-electron chi connectivity index (χ3n) is 5.09. The molecule has 0 aliphatic carbocycles. The summed E-state index contributed by atoms with van der Waals surface area (Å²) in [6.45, 7) is 15.6. The fourth-order valence-electron chi connectivity index (χ4n) is 3.38. The number of allylic oxidation sites excluding steroid dienone is 3. The van der Waals surface area contributed by atoms with Crippen molar-refractivity contribution in [1.29, 1.82) is 0 Å². The minimum absolute atomic E-state index is 0.723. The van der Waals surface area contributed by atoms with Crippen molar-refractivity contribution in [2.45, 2.75) is 85.5 Å². The quantitative estimate of drug-likeness (QED) is 0.390. The van der Waals surface area contributed by atoms with E-state index in [4.69, 9.17) is 0 Å². The van der Waals surface area contributed by atoms with Crippen LogP contribution in [0.1, 0.15) is 90.2 Å². The summed E-state index contributed by atoms with van der Waals surface area (Å²) in [6.07, 6.45) is 8.37. The number of hydrogen-bond acceptors (Lipinski definition) is 0. The second kappa shape index (κ2) is 10.5. The molecule has 1 rings (SSSR count). The standard InChI is InChI=1S/C23H36/c1-7-11-12-21(9-3)22-15-13-20(14-16-22)17-19(6)23(10-4)18(5)8-2/h13-16,21H,6-12,17H2,1-5H3/b23-18+. The average molecular weight is 313 g/mol. The Morgan fingerprint density at radius 3 is 2.13 bits per heavy atom. The molecule has 0 fully saturated rings. The van der Waals surface area contributed by atoms with Crippen molar-refractivity contribution in [2.24, 2.45) is 0 Å². The molecule has 1 aromatic rings. The first-order valence-corrected chi connectivity index (χ1v) is 9.52. The van der Waals surface area contributed by atoms with E-state index >= 15 is 0 Å². The lowest BCUT2D eigenvalue weighted by Gasteiger charge is -2.16. The second-order valence-corrected chi connectivity index (χ2v) is 6.74. The first kappa shape index (κ1) is 19.7. The number of unbranched alkanes of at least 4 members (excludes halogenated alkanes) is 1. The topological polar surface area (TPSA) is 0 Å². The van der Waals surface area contributed by atoms with Crippen molar-refractivity contribution < 1.29 is 0 Å². The maximum atomic E-state index is 4.35. The molecule has 0 aliphatic rings. The van der Waals surface area contributed by atoms with E-state index in [1.165, 1.54) is 53.5 Å². The van der Waals surface area contributed by atoms with Crippen molar-refractivity contribution in [2.75, 3.05) is 0 Å². The highest BCUT2D eigenvalue weighted by Gasteiger charge is 2.10. The Kier molecular flexibility index (Phi) is 8.99. The third-order valence-corrected chi connectivity index (χ3v) is 5.09. The van der Waals surface area contributed by atoms with Crippen molar-refractivity contribution >= 4 is 0 Å². The highest BCUT2D eigenvalue weighted by molar-refractivity contribution is 5.37. The van der Waals surface area contributed by atoms with Gasteiger partial charge in [0.25, 0.3) is 0 Å². The molecule has 0 heteroatoms. The van der Waals surface area contributed by atoms with Gasteiger partial charge in [0.05, 0.1) is 0 Å². The smallest absolute Gasteiger partial charge is 0.00289 e. The summed E-state index contributed by atoms with van der Waals surface area (Å²) in [5, 5.41) is 0. The van der Waals surface area contributed by atoms with Gasteiger partial charge in [-0.2, -0.15) is 0 Å². The van der Waals surface area contributed by atoms with Crippen molar-refractivity contribution in [3.8, 4) is 0 Å². The lowest BCUT2D eigenvalue weighted by molar-refractivity contribution is 0.569. The average Bonchev–Trinajstić information content (AvgIpc) is 2.57. The molecule has 128 valence electrons. The molecule has 0 N–H and O–H groups in total. The van der Waals surface area contributed by atoms with E-state index in [1.807, 2.05) is 0 Å². The van der Waals surface area contributed by atoms with E-state index in [-0.39, 0.29) is 0 Å². The largest absolute Gasteiger partial charge is 0.0952 e. The zero-order valence-electron chi connectivity index (χ0n) is 16.0. The molecule has 0 saturated carbocycles. The monoisotopic (exact) mass is 312 g/mol. The van der Waals surface area contributed by atoms with Crippen LogP contribution in [-0.4, -0.2) is 0 Å². The van der Waals surface area contributed by atoms with Crippen molar-refractivity contribution in [1.82, 2.24) is 0 Å². The molecule has 1 atom stereocenters. The minimum atomic E-state index is 0.723. The molecule has 0 heterocycles. The van der Waals surface area contributed by atoms with E-state index < -0.39 is 0 Å². The van der Waals surface area contributed by atoms with Gasteiger partial charge < -0.3 is 0 Å². The van der Waals surface area contributed by atoms with Gasteiger partial charge >= 0.3 is 0 Å². The van der Waals surface area contributed by atoms with Crippen molar-refractivity contribution in [3.05, 3.63) is 58.7 Å². The molecule has 0 spiro atoms. The molecule has 0 amide bonds.